The summed E-state index contributed by atoms with van der Waals surface area (Å²) >= 11 is 0. The summed E-state index contributed by atoms with van der Waals surface area (Å²) in [5.41, 5.74) is 0.968. The van der Waals surface area contributed by atoms with E-state index >= 15 is 0 Å². The molecule has 0 saturated carbocycles. The van der Waals surface area contributed by atoms with Crippen LogP contribution in [0.1, 0.15) is 12.5 Å². The first-order valence-corrected chi connectivity index (χ1v) is 4.72. The van der Waals surface area contributed by atoms with Gasteiger partial charge in [-0.05, 0) is 19.1 Å². The van der Waals surface area contributed by atoms with Crippen molar-refractivity contribution in [1.82, 2.24) is 0 Å². The van der Waals surface area contributed by atoms with Gasteiger partial charge in [-0.15, -0.1) is 0 Å². The van der Waals surface area contributed by atoms with E-state index in [1.54, 1.807) is 0 Å². The van der Waals surface area contributed by atoms with Crippen LogP contribution in [0, 0.1) is 0 Å². The van der Waals surface area contributed by atoms with E-state index < -0.39 is 0 Å². The van der Waals surface area contributed by atoms with Crippen LogP contribution in [0.2, 0.25) is 0 Å². The number of aliphatic hydroxyl groups excluding tert-OH is 1. The standard InChI is InChI=1S/C11H13NO2/c1-8-10(7-13)12-11(14-8)9-5-3-2-4-6-9/h2-6,8,10,13H,7H2,1H3. The molecule has 1 aliphatic rings. The summed E-state index contributed by atoms with van der Waals surface area (Å²) in [5, 5.41) is 9.01. The molecule has 1 aromatic rings. The normalized spacial score (nSPS) is 25.7. The van der Waals surface area contributed by atoms with Gasteiger partial charge in [0.1, 0.15) is 12.1 Å². The van der Waals surface area contributed by atoms with Gasteiger partial charge in [0, 0.05) is 5.56 Å². The maximum Gasteiger partial charge on any atom is 0.216 e. The lowest BCUT2D eigenvalue weighted by atomic mass is 10.2. The van der Waals surface area contributed by atoms with Crippen molar-refractivity contribution in [2.75, 3.05) is 6.61 Å². The van der Waals surface area contributed by atoms with E-state index in [-0.39, 0.29) is 18.8 Å². The van der Waals surface area contributed by atoms with Gasteiger partial charge in [0.25, 0.3) is 0 Å². The van der Waals surface area contributed by atoms with Crippen molar-refractivity contribution >= 4 is 5.90 Å². The second kappa shape index (κ2) is 3.80. The van der Waals surface area contributed by atoms with E-state index in [2.05, 4.69) is 4.99 Å². The first kappa shape index (κ1) is 9.21. The molecule has 0 aliphatic carbocycles. The van der Waals surface area contributed by atoms with Gasteiger partial charge in [-0.1, -0.05) is 18.2 Å². The van der Waals surface area contributed by atoms with Crippen molar-refractivity contribution in [2.45, 2.75) is 19.1 Å². The van der Waals surface area contributed by atoms with Crippen LogP contribution in [0.3, 0.4) is 0 Å². The predicted octanol–water partition coefficient (Wildman–Crippen LogP) is 1.21. The van der Waals surface area contributed by atoms with E-state index in [1.807, 2.05) is 37.3 Å². The summed E-state index contributed by atoms with van der Waals surface area (Å²) in [4.78, 5) is 4.30. The van der Waals surface area contributed by atoms with Gasteiger partial charge in [-0.25, -0.2) is 4.99 Å². The molecule has 2 unspecified atom stereocenters. The molecular formula is C11H13NO2. The molecule has 0 bridgehead atoms. The van der Waals surface area contributed by atoms with Crippen LogP contribution in [0.25, 0.3) is 0 Å². The largest absolute Gasteiger partial charge is 0.472 e. The fourth-order valence-corrected chi connectivity index (χ4v) is 1.45. The van der Waals surface area contributed by atoms with Gasteiger partial charge in [-0.3, -0.25) is 0 Å². The van der Waals surface area contributed by atoms with Crippen molar-refractivity contribution in [3.63, 3.8) is 0 Å². The van der Waals surface area contributed by atoms with Crippen LogP contribution in [-0.2, 0) is 4.74 Å². The predicted molar refractivity (Wildman–Crippen MR) is 54.4 cm³/mol. The van der Waals surface area contributed by atoms with Crippen LogP contribution >= 0.6 is 0 Å². The van der Waals surface area contributed by atoms with Crippen LogP contribution in [0.4, 0.5) is 0 Å². The number of hydrogen-bond acceptors (Lipinski definition) is 3. The SMILES string of the molecule is CC1OC(c2ccccc2)=NC1CO. The second-order valence-corrected chi connectivity index (χ2v) is 3.37. The third kappa shape index (κ3) is 1.63. The Morgan fingerprint density at radius 1 is 1.36 bits per heavy atom. The fourth-order valence-electron chi connectivity index (χ4n) is 1.45. The molecule has 1 N–H and O–H groups in total. The van der Waals surface area contributed by atoms with E-state index in [1.165, 1.54) is 0 Å². The summed E-state index contributed by atoms with van der Waals surface area (Å²) < 4.78 is 5.54. The molecule has 0 saturated heterocycles. The highest BCUT2D eigenvalue weighted by Crippen LogP contribution is 2.17. The Labute approximate surface area is 83.1 Å². The molecule has 2 rings (SSSR count). The molecule has 0 radical (unpaired) electrons. The van der Waals surface area contributed by atoms with E-state index in [4.69, 9.17) is 9.84 Å². The summed E-state index contributed by atoms with van der Waals surface area (Å²) in [6.45, 7) is 1.96. The number of aliphatic imine (C=N–C) groups is 1. The minimum absolute atomic E-state index is 0.0322. The van der Waals surface area contributed by atoms with E-state index in [0.29, 0.717) is 5.90 Å². The molecule has 1 heterocycles. The summed E-state index contributed by atoms with van der Waals surface area (Å²) in [6.07, 6.45) is -0.0322. The smallest absolute Gasteiger partial charge is 0.216 e. The molecular weight excluding hydrogens is 178 g/mol. The molecule has 0 fully saturated rings. The van der Waals surface area contributed by atoms with Crippen molar-refractivity contribution in [3.8, 4) is 0 Å². The summed E-state index contributed by atoms with van der Waals surface area (Å²) in [5.74, 6) is 0.636. The Kier molecular flexibility index (Phi) is 2.50. The maximum absolute atomic E-state index is 9.01. The molecule has 0 spiro atoms. The van der Waals surface area contributed by atoms with Gasteiger partial charge in [0.2, 0.25) is 5.90 Å². The van der Waals surface area contributed by atoms with Crippen molar-refractivity contribution in [2.24, 2.45) is 4.99 Å². The highest BCUT2D eigenvalue weighted by atomic mass is 16.5. The minimum atomic E-state index is -0.120. The Balaban J connectivity index is 2.22. The van der Waals surface area contributed by atoms with Gasteiger partial charge in [-0.2, -0.15) is 0 Å². The molecule has 1 aliphatic heterocycles. The minimum Gasteiger partial charge on any atom is -0.472 e. The Hall–Kier alpha value is -1.35. The maximum atomic E-state index is 9.01. The average molecular weight is 191 g/mol. The lowest BCUT2D eigenvalue weighted by Crippen LogP contribution is -2.21. The molecule has 3 nitrogen and oxygen atoms in total. The van der Waals surface area contributed by atoms with Gasteiger partial charge in [0.15, 0.2) is 0 Å². The van der Waals surface area contributed by atoms with Crippen molar-refractivity contribution in [3.05, 3.63) is 35.9 Å². The molecule has 1 aromatic carbocycles. The van der Waals surface area contributed by atoms with Crippen LogP contribution < -0.4 is 0 Å². The number of hydrogen-bond donors (Lipinski definition) is 1. The van der Waals surface area contributed by atoms with Crippen molar-refractivity contribution < 1.29 is 9.84 Å². The van der Waals surface area contributed by atoms with Crippen LogP contribution in [-0.4, -0.2) is 29.8 Å². The lowest BCUT2D eigenvalue weighted by Gasteiger charge is -2.09. The molecule has 3 heteroatoms. The molecule has 0 amide bonds. The second-order valence-electron chi connectivity index (χ2n) is 3.37. The Bertz CT molecular complexity index is 334. The zero-order valence-corrected chi connectivity index (χ0v) is 8.05. The van der Waals surface area contributed by atoms with E-state index in [9.17, 15) is 0 Å². The number of ether oxygens (including phenoxy) is 1. The van der Waals surface area contributed by atoms with Gasteiger partial charge in [0.05, 0.1) is 6.61 Å². The first-order chi connectivity index (χ1) is 6.81. The van der Waals surface area contributed by atoms with Crippen LogP contribution in [0.5, 0.6) is 0 Å². The highest BCUT2D eigenvalue weighted by molar-refractivity contribution is 5.95. The zero-order chi connectivity index (χ0) is 9.97. The summed E-state index contributed by atoms with van der Waals surface area (Å²) in [6, 6.07) is 9.61. The Morgan fingerprint density at radius 3 is 2.64 bits per heavy atom. The van der Waals surface area contributed by atoms with Gasteiger partial charge >= 0.3 is 0 Å². The third-order valence-corrected chi connectivity index (χ3v) is 2.33. The highest BCUT2D eigenvalue weighted by Gasteiger charge is 2.26. The summed E-state index contributed by atoms with van der Waals surface area (Å²) in [7, 11) is 0. The molecule has 14 heavy (non-hydrogen) atoms. The molecule has 0 aromatic heterocycles. The number of nitrogens with zero attached hydrogens (tertiary/aromatic N) is 1. The topological polar surface area (TPSA) is 41.8 Å². The van der Waals surface area contributed by atoms with E-state index in [0.717, 1.165) is 5.56 Å². The Morgan fingerprint density at radius 2 is 2.07 bits per heavy atom. The average Bonchev–Trinajstić information content (AvgIpc) is 2.61. The zero-order valence-electron chi connectivity index (χ0n) is 8.05. The monoisotopic (exact) mass is 191 g/mol. The number of rotatable bonds is 2. The third-order valence-electron chi connectivity index (χ3n) is 2.33. The quantitative estimate of drug-likeness (QED) is 0.763. The van der Waals surface area contributed by atoms with Crippen LogP contribution in [0.15, 0.2) is 35.3 Å². The molecule has 2 atom stereocenters. The van der Waals surface area contributed by atoms with Crippen molar-refractivity contribution in [1.29, 1.82) is 0 Å². The van der Waals surface area contributed by atoms with Gasteiger partial charge < -0.3 is 9.84 Å². The fraction of sp³-hybridized carbons (Fsp3) is 0.364. The number of aliphatic hydroxyl groups is 1. The number of benzene rings is 1. The first-order valence-electron chi connectivity index (χ1n) is 4.72. The lowest BCUT2D eigenvalue weighted by molar-refractivity contribution is 0.165. The molecule has 74 valence electrons.